The Morgan fingerprint density at radius 1 is 1.22 bits per heavy atom. The van der Waals surface area contributed by atoms with E-state index in [1.54, 1.807) is 0 Å². The van der Waals surface area contributed by atoms with Crippen LogP contribution in [0.2, 0.25) is 0 Å². The zero-order valence-electron chi connectivity index (χ0n) is 5.37. The lowest BCUT2D eigenvalue weighted by atomic mass is 10.1. The van der Waals surface area contributed by atoms with Crippen LogP contribution in [-0.2, 0) is 0 Å². The third kappa shape index (κ3) is 2.70. The molecule has 0 unspecified atom stereocenters. The molecule has 0 spiro atoms. The van der Waals surface area contributed by atoms with Gasteiger partial charge in [-0.1, -0.05) is 13.8 Å². The third-order valence-corrected chi connectivity index (χ3v) is 1.10. The number of rotatable bonds is 1. The van der Waals surface area contributed by atoms with Crippen LogP contribution >= 0.6 is 0 Å². The summed E-state index contributed by atoms with van der Waals surface area (Å²) in [5.41, 5.74) is 4.77. The minimum Gasteiger partial charge on any atom is -0.320 e. The second-order valence-corrected chi connectivity index (χ2v) is 2.31. The summed E-state index contributed by atoms with van der Waals surface area (Å²) in [6.07, 6.45) is -4.24. The van der Waals surface area contributed by atoms with Gasteiger partial charge in [-0.15, -0.1) is 0 Å². The summed E-state index contributed by atoms with van der Waals surface area (Å²) in [6, 6.07) is -1.68. The van der Waals surface area contributed by atoms with E-state index in [1.165, 1.54) is 13.8 Å². The molecule has 0 rings (SSSR count). The smallest absolute Gasteiger partial charge is 0.320 e. The van der Waals surface area contributed by atoms with E-state index in [9.17, 15) is 13.2 Å². The van der Waals surface area contributed by atoms with E-state index in [0.29, 0.717) is 0 Å². The first-order valence-corrected chi connectivity index (χ1v) is 2.68. The van der Waals surface area contributed by atoms with Gasteiger partial charge in [-0.2, -0.15) is 13.2 Å². The average molecular weight is 141 g/mol. The Balaban J connectivity index is 3.88. The van der Waals surface area contributed by atoms with Crippen molar-refractivity contribution in [3.8, 4) is 0 Å². The zero-order chi connectivity index (χ0) is 7.65. The third-order valence-electron chi connectivity index (χ3n) is 1.10. The number of hydrogen-bond acceptors (Lipinski definition) is 1. The number of nitrogens with two attached hydrogens (primary N) is 1. The molecule has 0 saturated heterocycles. The average Bonchev–Trinajstić information content (AvgIpc) is 1.62. The quantitative estimate of drug-likeness (QED) is 0.588. The fraction of sp³-hybridized carbons (Fsp3) is 1.00. The summed E-state index contributed by atoms with van der Waals surface area (Å²) in [5, 5.41) is 0. The second-order valence-electron chi connectivity index (χ2n) is 2.31. The Labute approximate surface area is 52.0 Å². The Morgan fingerprint density at radius 3 is 1.56 bits per heavy atom. The summed E-state index contributed by atoms with van der Waals surface area (Å²) in [7, 11) is 0. The van der Waals surface area contributed by atoms with Gasteiger partial charge in [-0.05, 0) is 5.92 Å². The molecule has 0 fully saturated rings. The first-order valence-electron chi connectivity index (χ1n) is 2.68. The van der Waals surface area contributed by atoms with Gasteiger partial charge in [0.25, 0.3) is 0 Å². The minimum absolute atomic E-state index is 0.537. The predicted octanol–water partition coefficient (Wildman–Crippen LogP) is 1.53. The van der Waals surface area contributed by atoms with E-state index in [1.807, 2.05) is 0 Å². The molecular formula is C5H10F3N. The van der Waals surface area contributed by atoms with Gasteiger partial charge in [0.2, 0.25) is 0 Å². The van der Waals surface area contributed by atoms with Gasteiger partial charge in [0.1, 0.15) is 6.04 Å². The highest BCUT2D eigenvalue weighted by molar-refractivity contribution is 4.72. The van der Waals surface area contributed by atoms with Crippen LogP contribution in [0.25, 0.3) is 0 Å². The highest BCUT2D eigenvalue weighted by atomic mass is 19.4. The van der Waals surface area contributed by atoms with Crippen LogP contribution in [0.1, 0.15) is 13.8 Å². The fourth-order valence-electron chi connectivity index (χ4n) is 0.378. The molecule has 0 aliphatic carbocycles. The van der Waals surface area contributed by atoms with E-state index >= 15 is 0 Å². The molecule has 0 aliphatic heterocycles. The van der Waals surface area contributed by atoms with E-state index in [0.717, 1.165) is 0 Å². The molecule has 1 atom stereocenters. The van der Waals surface area contributed by atoms with Gasteiger partial charge in [0.05, 0.1) is 0 Å². The topological polar surface area (TPSA) is 26.0 Å². The van der Waals surface area contributed by atoms with Crippen LogP contribution in [0.4, 0.5) is 13.2 Å². The van der Waals surface area contributed by atoms with Crippen molar-refractivity contribution in [2.45, 2.75) is 26.1 Å². The van der Waals surface area contributed by atoms with Gasteiger partial charge in [0, 0.05) is 0 Å². The molecule has 0 amide bonds. The molecule has 9 heavy (non-hydrogen) atoms. The Morgan fingerprint density at radius 2 is 1.56 bits per heavy atom. The van der Waals surface area contributed by atoms with Crippen molar-refractivity contribution in [1.29, 1.82) is 0 Å². The molecule has 0 aromatic carbocycles. The lowest BCUT2D eigenvalue weighted by Crippen LogP contribution is -2.41. The lowest BCUT2D eigenvalue weighted by Gasteiger charge is -2.18. The Hall–Kier alpha value is -0.250. The van der Waals surface area contributed by atoms with Gasteiger partial charge >= 0.3 is 6.18 Å². The molecular weight excluding hydrogens is 131 g/mol. The Kier molecular flexibility index (Phi) is 2.49. The zero-order valence-corrected chi connectivity index (χ0v) is 5.37. The van der Waals surface area contributed by atoms with Crippen LogP contribution in [-0.4, -0.2) is 12.2 Å². The van der Waals surface area contributed by atoms with Gasteiger partial charge in [0.15, 0.2) is 0 Å². The number of alkyl halides is 3. The molecule has 0 aromatic rings. The van der Waals surface area contributed by atoms with E-state index < -0.39 is 18.1 Å². The predicted molar refractivity (Wildman–Crippen MR) is 28.9 cm³/mol. The number of hydrogen-bond donors (Lipinski definition) is 1. The minimum atomic E-state index is -4.24. The van der Waals surface area contributed by atoms with Crippen LogP contribution < -0.4 is 5.73 Å². The van der Waals surface area contributed by atoms with Gasteiger partial charge < -0.3 is 5.73 Å². The van der Waals surface area contributed by atoms with E-state index in [2.05, 4.69) is 0 Å². The fourth-order valence-corrected chi connectivity index (χ4v) is 0.378. The molecule has 1 nitrogen and oxygen atoms in total. The molecule has 0 aromatic heterocycles. The summed E-state index contributed by atoms with van der Waals surface area (Å²) in [5.74, 6) is -0.537. The monoisotopic (exact) mass is 141 g/mol. The summed E-state index contributed by atoms with van der Waals surface area (Å²) in [6.45, 7) is 2.89. The molecule has 2 N–H and O–H groups in total. The Bertz CT molecular complexity index is 86.7. The van der Waals surface area contributed by atoms with Crippen molar-refractivity contribution in [2.24, 2.45) is 11.7 Å². The standard InChI is InChI=1S/C5H10F3N/c1-3(2)4(9)5(6,7)8/h3-4H,9H2,1-2H3/t4-/m1/s1. The molecule has 56 valence electrons. The molecule has 0 radical (unpaired) electrons. The summed E-state index contributed by atoms with van der Waals surface area (Å²) in [4.78, 5) is 0. The molecule has 0 saturated carbocycles. The largest absolute Gasteiger partial charge is 0.403 e. The molecule has 0 bridgehead atoms. The first-order chi connectivity index (χ1) is 3.85. The van der Waals surface area contributed by atoms with Crippen molar-refractivity contribution in [3.63, 3.8) is 0 Å². The molecule has 0 heterocycles. The molecule has 4 heteroatoms. The second kappa shape index (κ2) is 2.56. The summed E-state index contributed by atoms with van der Waals surface area (Å²) < 4.78 is 34.7. The highest BCUT2D eigenvalue weighted by Crippen LogP contribution is 2.22. The van der Waals surface area contributed by atoms with Crippen molar-refractivity contribution < 1.29 is 13.2 Å². The van der Waals surface area contributed by atoms with E-state index in [4.69, 9.17) is 5.73 Å². The van der Waals surface area contributed by atoms with E-state index in [-0.39, 0.29) is 0 Å². The summed E-state index contributed by atoms with van der Waals surface area (Å²) >= 11 is 0. The lowest BCUT2D eigenvalue weighted by molar-refractivity contribution is -0.156. The first kappa shape index (κ1) is 8.75. The van der Waals surface area contributed by atoms with Crippen LogP contribution in [0.3, 0.4) is 0 Å². The van der Waals surface area contributed by atoms with Crippen molar-refractivity contribution >= 4 is 0 Å². The number of halogens is 3. The van der Waals surface area contributed by atoms with Gasteiger partial charge in [-0.25, -0.2) is 0 Å². The van der Waals surface area contributed by atoms with Crippen LogP contribution in [0, 0.1) is 5.92 Å². The SMILES string of the molecule is CC(C)[C@@H](N)C(F)(F)F. The normalized spacial score (nSPS) is 16.3. The van der Waals surface area contributed by atoms with Crippen molar-refractivity contribution in [3.05, 3.63) is 0 Å². The maximum atomic E-state index is 11.6. The van der Waals surface area contributed by atoms with Crippen LogP contribution in [0.15, 0.2) is 0 Å². The van der Waals surface area contributed by atoms with Crippen LogP contribution in [0.5, 0.6) is 0 Å². The maximum absolute atomic E-state index is 11.6. The van der Waals surface area contributed by atoms with Crippen molar-refractivity contribution in [2.75, 3.05) is 0 Å². The van der Waals surface area contributed by atoms with Crippen molar-refractivity contribution in [1.82, 2.24) is 0 Å². The maximum Gasteiger partial charge on any atom is 0.403 e. The highest BCUT2D eigenvalue weighted by Gasteiger charge is 2.38. The van der Waals surface area contributed by atoms with Gasteiger partial charge in [-0.3, -0.25) is 0 Å². The molecule has 0 aliphatic rings.